The van der Waals surface area contributed by atoms with Crippen molar-refractivity contribution in [1.82, 2.24) is 9.21 Å². The number of rotatable bonds is 7. The molecule has 0 aliphatic carbocycles. The lowest BCUT2D eigenvalue weighted by molar-refractivity contribution is 0.280. The maximum Gasteiger partial charge on any atom is 0.243 e. The predicted octanol–water partition coefficient (Wildman–Crippen LogP) is 1.71. The van der Waals surface area contributed by atoms with E-state index in [-0.39, 0.29) is 11.5 Å². The Morgan fingerprint density at radius 3 is 2.33 bits per heavy atom. The summed E-state index contributed by atoms with van der Waals surface area (Å²) in [6, 6.07) is 3.02. The lowest BCUT2D eigenvalue weighted by atomic mass is 10.1. The third-order valence-electron chi connectivity index (χ3n) is 3.37. The molecule has 1 aromatic carbocycles. The summed E-state index contributed by atoms with van der Waals surface area (Å²) >= 11 is 5.96. The number of nitrogens with zero attached hydrogens (tertiary/aromatic N) is 2. The van der Waals surface area contributed by atoms with Crippen molar-refractivity contribution in [3.63, 3.8) is 0 Å². The van der Waals surface area contributed by atoms with Crippen molar-refractivity contribution in [3.8, 4) is 0 Å². The highest BCUT2D eigenvalue weighted by Gasteiger charge is 2.24. The number of aliphatic hydroxyl groups excluding tert-OH is 1. The molecule has 0 atom stereocenters. The van der Waals surface area contributed by atoms with Crippen LogP contribution in [-0.4, -0.2) is 57.0 Å². The van der Waals surface area contributed by atoms with E-state index in [1.807, 2.05) is 19.0 Å². The number of hydrogen-bond donors (Lipinski definition) is 1. The van der Waals surface area contributed by atoms with Gasteiger partial charge < -0.3 is 10.0 Å². The summed E-state index contributed by atoms with van der Waals surface area (Å²) in [7, 11) is 1.85. The van der Waals surface area contributed by atoms with Gasteiger partial charge in [0.2, 0.25) is 10.0 Å². The minimum Gasteiger partial charge on any atom is -0.392 e. The van der Waals surface area contributed by atoms with Crippen LogP contribution >= 0.6 is 11.6 Å². The molecule has 0 amide bonds. The molecule has 0 unspecified atom stereocenters. The Labute approximate surface area is 132 Å². The van der Waals surface area contributed by atoms with Gasteiger partial charge in [0.05, 0.1) is 11.5 Å². The van der Waals surface area contributed by atoms with E-state index in [9.17, 15) is 13.5 Å². The lowest BCUT2D eigenvalue weighted by Crippen LogP contribution is -2.30. The monoisotopic (exact) mass is 334 g/mol. The molecule has 5 nitrogen and oxygen atoms in total. The van der Waals surface area contributed by atoms with Gasteiger partial charge in [-0.15, -0.1) is 0 Å². The largest absolute Gasteiger partial charge is 0.392 e. The van der Waals surface area contributed by atoms with Crippen molar-refractivity contribution < 1.29 is 13.5 Å². The van der Waals surface area contributed by atoms with Gasteiger partial charge in [-0.25, -0.2) is 12.7 Å². The van der Waals surface area contributed by atoms with Gasteiger partial charge in [0, 0.05) is 18.6 Å². The van der Waals surface area contributed by atoms with Crippen molar-refractivity contribution in [2.45, 2.75) is 24.8 Å². The van der Waals surface area contributed by atoms with Crippen molar-refractivity contribution in [3.05, 3.63) is 28.3 Å². The third-order valence-corrected chi connectivity index (χ3v) is 5.57. The standard InChI is InChI=1S/C14H23ClN2O3S/c1-11-12(10-18)8-13(15)9-14(11)21(19,20)17(4)7-5-6-16(2)3/h8-9,18H,5-7,10H2,1-4H3. The van der Waals surface area contributed by atoms with Crippen LogP contribution < -0.4 is 0 Å². The van der Waals surface area contributed by atoms with Crippen LogP contribution in [0.4, 0.5) is 0 Å². The molecule has 0 saturated heterocycles. The Kier molecular flexibility index (Phi) is 6.62. The SMILES string of the molecule is Cc1c(CO)cc(Cl)cc1S(=O)(=O)N(C)CCCN(C)C. The molecule has 1 aromatic rings. The van der Waals surface area contributed by atoms with Crippen LogP contribution in [0.3, 0.4) is 0 Å². The summed E-state index contributed by atoms with van der Waals surface area (Å²) in [5.41, 5.74) is 1.07. The lowest BCUT2D eigenvalue weighted by Gasteiger charge is -2.20. The van der Waals surface area contributed by atoms with Crippen LogP contribution in [0.15, 0.2) is 17.0 Å². The van der Waals surface area contributed by atoms with Crippen LogP contribution in [0.1, 0.15) is 17.5 Å². The van der Waals surface area contributed by atoms with E-state index in [4.69, 9.17) is 11.6 Å². The summed E-state index contributed by atoms with van der Waals surface area (Å²) in [4.78, 5) is 2.17. The summed E-state index contributed by atoms with van der Waals surface area (Å²) in [6.45, 7) is 2.69. The second kappa shape index (κ2) is 7.56. The van der Waals surface area contributed by atoms with Crippen LogP contribution in [0.2, 0.25) is 5.02 Å². The Bertz CT molecular complexity index is 588. The molecule has 1 N–H and O–H groups in total. The second-order valence-electron chi connectivity index (χ2n) is 5.33. The van der Waals surface area contributed by atoms with Gasteiger partial charge in [-0.2, -0.15) is 0 Å². The minimum atomic E-state index is -3.60. The summed E-state index contributed by atoms with van der Waals surface area (Å²) in [5, 5.41) is 9.61. The van der Waals surface area contributed by atoms with Crippen LogP contribution in [0.25, 0.3) is 0 Å². The first-order chi connectivity index (χ1) is 9.70. The molecule has 0 spiro atoms. The molecule has 0 aliphatic heterocycles. The van der Waals surface area contributed by atoms with Crippen molar-refractivity contribution in [2.75, 3.05) is 34.2 Å². The Morgan fingerprint density at radius 2 is 1.81 bits per heavy atom. The topological polar surface area (TPSA) is 60.9 Å². The average molecular weight is 335 g/mol. The van der Waals surface area contributed by atoms with Gasteiger partial charge >= 0.3 is 0 Å². The van der Waals surface area contributed by atoms with E-state index in [0.29, 0.717) is 22.7 Å². The van der Waals surface area contributed by atoms with E-state index in [1.54, 1.807) is 20.0 Å². The zero-order chi connectivity index (χ0) is 16.2. The minimum absolute atomic E-state index is 0.159. The molecule has 7 heteroatoms. The number of sulfonamides is 1. The first-order valence-electron chi connectivity index (χ1n) is 6.71. The van der Waals surface area contributed by atoms with E-state index >= 15 is 0 Å². The zero-order valence-corrected chi connectivity index (χ0v) is 14.5. The van der Waals surface area contributed by atoms with E-state index in [1.165, 1.54) is 10.4 Å². The van der Waals surface area contributed by atoms with E-state index < -0.39 is 10.0 Å². The first-order valence-corrected chi connectivity index (χ1v) is 8.53. The number of benzene rings is 1. The fourth-order valence-corrected chi connectivity index (χ4v) is 3.84. The maximum absolute atomic E-state index is 12.6. The second-order valence-corrected chi connectivity index (χ2v) is 7.78. The summed E-state index contributed by atoms with van der Waals surface area (Å²) in [5.74, 6) is 0. The predicted molar refractivity (Wildman–Crippen MR) is 85.1 cm³/mol. The Balaban J connectivity index is 3.05. The fraction of sp³-hybridized carbons (Fsp3) is 0.571. The highest BCUT2D eigenvalue weighted by Crippen LogP contribution is 2.26. The van der Waals surface area contributed by atoms with Gasteiger partial charge in [0.15, 0.2) is 0 Å². The highest BCUT2D eigenvalue weighted by atomic mass is 35.5. The molecule has 0 heterocycles. The maximum atomic E-state index is 12.6. The van der Waals surface area contributed by atoms with Crippen molar-refractivity contribution in [1.29, 1.82) is 0 Å². The highest BCUT2D eigenvalue weighted by molar-refractivity contribution is 7.89. The fourth-order valence-electron chi connectivity index (χ4n) is 2.04. The molecule has 0 radical (unpaired) electrons. The van der Waals surface area contributed by atoms with Crippen LogP contribution in [0, 0.1) is 6.92 Å². The molecule has 0 saturated carbocycles. The van der Waals surface area contributed by atoms with Gasteiger partial charge in [-0.3, -0.25) is 0 Å². The molecule has 0 bridgehead atoms. The molecular formula is C14H23ClN2O3S. The van der Waals surface area contributed by atoms with Crippen LogP contribution in [0.5, 0.6) is 0 Å². The van der Waals surface area contributed by atoms with E-state index in [2.05, 4.69) is 0 Å². The molecule has 0 aromatic heterocycles. The van der Waals surface area contributed by atoms with Gasteiger partial charge in [0.25, 0.3) is 0 Å². The van der Waals surface area contributed by atoms with Crippen molar-refractivity contribution in [2.24, 2.45) is 0 Å². The Morgan fingerprint density at radius 1 is 1.19 bits per heavy atom. The Hall–Kier alpha value is -0.660. The van der Waals surface area contributed by atoms with Crippen molar-refractivity contribution >= 4 is 21.6 Å². The smallest absolute Gasteiger partial charge is 0.243 e. The average Bonchev–Trinajstić information content (AvgIpc) is 2.40. The van der Waals surface area contributed by atoms with Gasteiger partial charge in [-0.1, -0.05) is 11.6 Å². The third kappa shape index (κ3) is 4.66. The molecule has 0 aliphatic rings. The molecule has 21 heavy (non-hydrogen) atoms. The quantitative estimate of drug-likeness (QED) is 0.824. The summed E-state index contributed by atoms with van der Waals surface area (Å²) in [6.07, 6.45) is 0.745. The van der Waals surface area contributed by atoms with Gasteiger partial charge in [-0.05, 0) is 57.2 Å². The normalized spacial score (nSPS) is 12.4. The summed E-state index contributed by atoms with van der Waals surface area (Å²) < 4.78 is 26.6. The number of aliphatic hydroxyl groups is 1. The first kappa shape index (κ1) is 18.4. The van der Waals surface area contributed by atoms with E-state index in [0.717, 1.165) is 13.0 Å². The molecular weight excluding hydrogens is 312 g/mol. The molecule has 0 fully saturated rings. The van der Waals surface area contributed by atoms with Gasteiger partial charge in [0.1, 0.15) is 0 Å². The number of halogens is 1. The zero-order valence-electron chi connectivity index (χ0n) is 12.9. The molecule has 120 valence electrons. The molecule has 1 rings (SSSR count). The number of hydrogen-bond acceptors (Lipinski definition) is 4. The van der Waals surface area contributed by atoms with Crippen LogP contribution in [-0.2, 0) is 16.6 Å².